The van der Waals surface area contributed by atoms with Crippen LogP contribution in [0.3, 0.4) is 0 Å². The van der Waals surface area contributed by atoms with E-state index < -0.39 is 8.07 Å². The SMILES string of the molecule is Cc1c[c-]c(-c2cc(CC(C)C)c([Si](C)(C)C)cn2)c(C)c1.Cc1ccc2ccc3nc(-c4[c-]ccc5c4oc4nc(CC(C)(C)C)ccc45)n(-c4c(C(C)C)cc(-c5ccccc5)cc4C(C)C)c3c2n1.[Ir]. The maximum Gasteiger partial charge on any atom is 0.216 e. The quantitative estimate of drug-likeness (QED) is 0.101. The van der Waals surface area contributed by atoms with Crippen molar-refractivity contribution < 1.29 is 24.5 Å². The van der Waals surface area contributed by atoms with Crippen molar-refractivity contribution in [3.8, 4) is 39.5 Å². The van der Waals surface area contributed by atoms with Crippen molar-refractivity contribution in [2.45, 2.75) is 127 Å². The standard InChI is InChI=1S/C45H43N4O.C20H28NSi.Ir/c1-26(2)36-23-31(29-13-10-9-11-14-29)24-37(27(3)4)40(36)49-41-38(22-19-30-18-17-28(5)46-39(30)41)48-43(49)35-16-12-15-33-34-21-20-32(25-45(6,7)8)47-44(34)50-42(33)35;1-14(2)10-17-12-19(21-13-20(17)22(5,6)7)18-9-8-15(3)11-16(18)4;/h9-15,17-24,26-27H,25H2,1-8H3;8,11-14H,10H2,1-7H3;/q2*-1;. The van der Waals surface area contributed by atoms with E-state index in [2.05, 4.69) is 229 Å². The van der Waals surface area contributed by atoms with Gasteiger partial charge in [0.2, 0.25) is 5.71 Å². The van der Waals surface area contributed by atoms with Crippen LogP contribution in [0.2, 0.25) is 19.6 Å². The molecule has 377 valence electrons. The average molecular weight is 1160 g/mol. The van der Waals surface area contributed by atoms with Gasteiger partial charge in [0.15, 0.2) is 0 Å². The first-order valence-corrected chi connectivity index (χ1v) is 29.4. The Labute approximate surface area is 448 Å². The van der Waals surface area contributed by atoms with Crippen LogP contribution in [-0.2, 0) is 32.9 Å². The molecule has 0 aliphatic heterocycles. The van der Waals surface area contributed by atoms with E-state index >= 15 is 0 Å². The molecule has 0 bridgehead atoms. The molecular weight excluding hydrogens is 1090 g/mol. The van der Waals surface area contributed by atoms with Crippen molar-refractivity contribution in [1.82, 2.24) is 24.5 Å². The number of benzene rings is 5. The summed E-state index contributed by atoms with van der Waals surface area (Å²) in [4.78, 5) is 20.3. The van der Waals surface area contributed by atoms with Crippen LogP contribution in [0.25, 0.3) is 83.5 Å². The molecule has 0 fully saturated rings. The van der Waals surface area contributed by atoms with E-state index in [0.717, 1.165) is 90.9 Å². The zero-order chi connectivity index (χ0) is 51.4. The number of pyridine rings is 3. The molecule has 5 aromatic carbocycles. The molecule has 0 unspecified atom stereocenters. The Bertz CT molecular complexity index is 3600. The van der Waals surface area contributed by atoms with E-state index in [-0.39, 0.29) is 37.4 Å². The van der Waals surface area contributed by atoms with Crippen molar-refractivity contribution in [3.63, 3.8) is 0 Å². The molecule has 0 spiro atoms. The zero-order valence-corrected chi connectivity index (χ0v) is 49.0. The minimum absolute atomic E-state index is 0. The van der Waals surface area contributed by atoms with Crippen LogP contribution in [0.15, 0.2) is 120 Å². The second-order valence-corrected chi connectivity index (χ2v) is 28.3. The molecule has 0 saturated heterocycles. The molecule has 0 saturated carbocycles. The average Bonchev–Trinajstić information content (AvgIpc) is 3.89. The maximum absolute atomic E-state index is 6.71. The van der Waals surface area contributed by atoms with E-state index in [1.165, 1.54) is 44.1 Å². The van der Waals surface area contributed by atoms with Gasteiger partial charge in [-0.15, -0.1) is 53.1 Å². The molecule has 5 aromatic heterocycles. The van der Waals surface area contributed by atoms with Gasteiger partial charge < -0.3 is 14.0 Å². The van der Waals surface area contributed by atoms with E-state index in [1.54, 1.807) is 0 Å². The van der Waals surface area contributed by atoms with Gasteiger partial charge >= 0.3 is 0 Å². The van der Waals surface area contributed by atoms with E-state index in [1.807, 2.05) is 6.07 Å². The predicted octanol–water partition coefficient (Wildman–Crippen LogP) is 17.1. The van der Waals surface area contributed by atoms with Crippen molar-refractivity contribution in [2.24, 2.45) is 11.3 Å². The van der Waals surface area contributed by atoms with Crippen LogP contribution >= 0.6 is 0 Å². The second kappa shape index (κ2) is 21.1. The van der Waals surface area contributed by atoms with Crippen LogP contribution in [0.1, 0.15) is 113 Å². The Kier molecular flexibility index (Phi) is 15.4. The number of hydrogen-bond acceptors (Lipinski definition) is 5. The van der Waals surface area contributed by atoms with Gasteiger partial charge in [-0.05, 0) is 112 Å². The molecular formula is C65H71IrN5OSi-2. The number of aromatic nitrogens is 5. The number of hydrogen-bond donors (Lipinski definition) is 0. The summed E-state index contributed by atoms with van der Waals surface area (Å²) >= 11 is 0. The third-order valence-corrected chi connectivity index (χ3v) is 15.7. The third-order valence-electron chi connectivity index (χ3n) is 13.6. The van der Waals surface area contributed by atoms with Gasteiger partial charge in [0.25, 0.3) is 0 Å². The Morgan fingerprint density at radius 3 is 2.05 bits per heavy atom. The fourth-order valence-electron chi connectivity index (χ4n) is 10.3. The molecule has 6 nitrogen and oxygen atoms in total. The fraction of sp³-hybridized carbons (Fsp3) is 0.323. The van der Waals surface area contributed by atoms with Crippen molar-refractivity contribution >= 4 is 57.3 Å². The predicted molar refractivity (Wildman–Crippen MR) is 307 cm³/mol. The summed E-state index contributed by atoms with van der Waals surface area (Å²) in [6.07, 6.45) is 4.12. The van der Waals surface area contributed by atoms with Gasteiger partial charge in [-0.1, -0.05) is 161 Å². The first kappa shape index (κ1) is 53.2. The Balaban J connectivity index is 0.000000260. The minimum atomic E-state index is -1.36. The number of imidazole rings is 1. The van der Waals surface area contributed by atoms with Crippen LogP contribution in [0.4, 0.5) is 0 Å². The van der Waals surface area contributed by atoms with E-state index in [9.17, 15) is 0 Å². The first-order chi connectivity index (χ1) is 34.1. The van der Waals surface area contributed by atoms with Crippen LogP contribution in [0.5, 0.6) is 0 Å². The Morgan fingerprint density at radius 1 is 0.712 bits per heavy atom. The van der Waals surface area contributed by atoms with Crippen LogP contribution < -0.4 is 5.19 Å². The number of nitrogens with zero attached hydrogens (tertiary/aromatic N) is 5. The van der Waals surface area contributed by atoms with Crippen molar-refractivity contribution in [1.29, 1.82) is 0 Å². The molecule has 10 aromatic rings. The Hall–Kier alpha value is -6.05. The van der Waals surface area contributed by atoms with Crippen molar-refractivity contribution in [3.05, 3.63) is 167 Å². The molecule has 73 heavy (non-hydrogen) atoms. The molecule has 0 atom stereocenters. The van der Waals surface area contributed by atoms with Gasteiger partial charge in [0.05, 0.1) is 36.0 Å². The molecule has 0 N–H and O–H groups in total. The summed E-state index contributed by atoms with van der Waals surface area (Å²) in [5.41, 5.74) is 19.4. The van der Waals surface area contributed by atoms with Crippen LogP contribution in [0, 0.1) is 44.2 Å². The summed E-state index contributed by atoms with van der Waals surface area (Å²) in [7, 11) is -1.36. The summed E-state index contributed by atoms with van der Waals surface area (Å²) in [6.45, 7) is 33.9. The summed E-state index contributed by atoms with van der Waals surface area (Å²) in [6, 6.07) is 45.8. The van der Waals surface area contributed by atoms with Gasteiger partial charge in [0.1, 0.15) is 0 Å². The normalized spacial score (nSPS) is 12.1. The number of furan rings is 1. The summed E-state index contributed by atoms with van der Waals surface area (Å²) in [5.74, 6) is 1.91. The molecule has 0 aliphatic rings. The number of aryl methyl sites for hydroxylation is 3. The topological polar surface area (TPSA) is 69.6 Å². The van der Waals surface area contributed by atoms with Gasteiger partial charge in [-0.3, -0.25) is 9.97 Å². The minimum Gasteiger partial charge on any atom is -0.486 e. The summed E-state index contributed by atoms with van der Waals surface area (Å²) < 4.78 is 9.07. The summed E-state index contributed by atoms with van der Waals surface area (Å²) in [5, 5.41) is 4.58. The smallest absolute Gasteiger partial charge is 0.216 e. The largest absolute Gasteiger partial charge is 0.486 e. The second-order valence-electron chi connectivity index (χ2n) is 23.3. The zero-order valence-electron chi connectivity index (χ0n) is 45.6. The molecule has 10 rings (SSSR count). The fourth-order valence-corrected chi connectivity index (χ4v) is 11.8. The monoisotopic (exact) mass is 1160 g/mol. The molecule has 0 aliphatic carbocycles. The van der Waals surface area contributed by atoms with E-state index in [4.69, 9.17) is 24.4 Å². The van der Waals surface area contributed by atoms with E-state index in [0.29, 0.717) is 11.6 Å². The van der Waals surface area contributed by atoms with Gasteiger partial charge in [-0.2, -0.15) is 0 Å². The molecule has 8 heteroatoms. The molecule has 5 heterocycles. The number of fused-ring (bicyclic) bond motifs is 6. The van der Waals surface area contributed by atoms with Crippen LogP contribution in [-0.4, -0.2) is 32.6 Å². The van der Waals surface area contributed by atoms with Crippen molar-refractivity contribution in [2.75, 3.05) is 0 Å². The van der Waals surface area contributed by atoms with Gasteiger partial charge in [-0.25, -0.2) is 4.98 Å². The number of rotatable bonds is 10. The molecule has 1 radical (unpaired) electrons. The first-order valence-electron chi connectivity index (χ1n) is 25.9. The molecule has 0 amide bonds. The third kappa shape index (κ3) is 11.1. The Morgan fingerprint density at radius 2 is 1.41 bits per heavy atom. The van der Waals surface area contributed by atoms with Gasteiger partial charge in [0, 0.05) is 54.1 Å². The maximum atomic E-state index is 6.71.